The van der Waals surface area contributed by atoms with Gasteiger partial charge in [0.1, 0.15) is 5.82 Å². The number of benzene rings is 1. The van der Waals surface area contributed by atoms with Crippen LogP contribution in [0.1, 0.15) is 5.56 Å². The van der Waals surface area contributed by atoms with Crippen LogP contribution in [0.3, 0.4) is 0 Å². The summed E-state index contributed by atoms with van der Waals surface area (Å²) in [5.41, 5.74) is 2.69. The number of aromatic nitrogens is 2. The molecule has 0 radical (unpaired) electrons. The molecule has 0 saturated heterocycles. The lowest BCUT2D eigenvalue weighted by atomic mass is 10.1. The van der Waals surface area contributed by atoms with Crippen molar-refractivity contribution < 1.29 is 4.39 Å². The van der Waals surface area contributed by atoms with Crippen molar-refractivity contribution in [1.82, 2.24) is 9.97 Å². The highest BCUT2D eigenvalue weighted by Crippen LogP contribution is 2.33. The van der Waals surface area contributed by atoms with Crippen molar-refractivity contribution >= 4 is 22.5 Å². The largest absolute Gasteiger partial charge is 0.255 e. The topological polar surface area (TPSA) is 25.8 Å². The number of halogens is 2. The maximum absolute atomic E-state index is 13.8. The van der Waals surface area contributed by atoms with Crippen LogP contribution in [0.15, 0.2) is 42.6 Å². The maximum atomic E-state index is 13.8. The van der Waals surface area contributed by atoms with Gasteiger partial charge in [0.25, 0.3) is 0 Å². The zero-order valence-corrected chi connectivity index (χ0v) is 10.9. The smallest absolute Gasteiger partial charge is 0.134 e. The van der Waals surface area contributed by atoms with Gasteiger partial charge in [0, 0.05) is 6.20 Å². The fourth-order valence-electron chi connectivity index (χ4n) is 2.07. The van der Waals surface area contributed by atoms with Gasteiger partial charge in [0.15, 0.2) is 0 Å². The molecule has 0 atom stereocenters. The normalized spacial score (nSPS) is 10.9. The Hall–Kier alpha value is -2.00. The molecule has 3 aromatic rings. The highest BCUT2D eigenvalue weighted by Gasteiger charge is 2.14. The van der Waals surface area contributed by atoms with Gasteiger partial charge in [-0.15, -0.1) is 0 Å². The zero-order chi connectivity index (χ0) is 13.4. The van der Waals surface area contributed by atoms with E-state index >= 15 is 0 Å². The molecule has 0 aliphatic carbocycles. The Morgan fingerprint density at radius 1 is 1.11 bits per heavy atom. The molecule has 94 valence electrons. The van der Waals surface area contributed by atoms with Crippen molar-refractivity contribution in [3.05, 3.63) is 59.0 Å². The first-order chi connectivity index (χ1) is 9.18. The van der Waals surface area contributed by atoms with E-state index in [2.05, 4.69) is 9.97 Å². The number of nitrogens with zero attached hydrogens (tertiary/aromatic N) is 2. The molecule has 2 heterocycles. The fourth-order valence-corrected chi connectivity index (χ4v) is 2.35. The summed E-state index contributed by atoms with van der Waals surface area (Å²) in [6.45, 7) is 1.82. The van der Waals surface area contributed by atoms with Gasteiger partial charge in [0.05, 0.1) is 27.3 Å². The molecule has 0 fully saturated rings. The highest BCUT2D eigenvalue weighted by atomic mass is 35.5. The number of hydrogen-bond acceptors (Lipinski definition) is 2. The second kappa shape index (κ2) is 4.59. The molecule has 0 saturated carbocycles. The Morgan fingerprint density at radius 3 is 2.68 bits per heavy atom. The molecular formula is C15H10ClFN2. The Balaban J connectivity index is 2.37. The summed E-state index contributed by atoms with van der Waals surface area (Å²) >= 11 is 6.28. The quantitative estimate of drug-likeness (QED) is 0.656. The number of pyridine rings is 2. The minimum Gasteiger partial charge on any atom is -0.255 e. The molecular weight excluding hydrogens is 263 g/mol. The number of fused-ring (bicyclic) bond motifs is 1. The second-order valence-electron chi connectivity index (χ2n) is 4.25. The lowest BCUT2D eigenvalue weighted by molar-refractivity contribution is 0.639. The lowest BCUT2D eigenvalue weighted by Crippen LogP contribution is -1.95. The summed E-state index contributed by atoms with van der Waals surface area (Å²) < 4.78 is 13.8. The Labute approximate surface area is 114 Å². The lowest BCUT2D eigenvalue weighted by Gasteiger charge is -2.10. The predicted octanol–water partition coefficient (Wildman–Crippen LogP) is 4.40. The van der Waals surface area contributed by atoms with Gasteiger partial charge >= 0.3 is 0 Å². The van der Waals surface area contributed by atoms with Crippen molar-refractivity contribution in [2.24, 2.45) is 0 Å². The van der Waals surface area contributed by atoms with Crippen molar-refractivity contribution in [3.8, 4) is 11.4 Å². The first-order valence-electron chi connectivity index (χ1n) is 5.84. The van der Waals surface area contributed by atoms with E-state index in [-0.39, 0.29) is 5.82 Å². The van der Waals surface area contributed by atoms with Gasteiger partial charge in [-0.05, 0) is 36.8 Å². The van der Waals surface area contributed by atoms with E-state index in [4.69, 9.17) is 11.6 Å². The summed E-state index contributed by atoms with van der Waals surface area (Å²) in [5, 5.41) is 0.755. The van der Waals surface area contributed by atoms with Gasteiger partial charge in [-0.2, -0.15) is 0 Å². The Bertz CT molecular complexity index is 757. The molecule has 0 spiro atoms. The van der Waals surface area contributed by atoms with Crippen LogP contribution in [0.4, 0.5) is 4.39 Å². The van der Waals surface area contributed by atoms with Gasteiger partial charge in [-0.1, -0.05) is 23.7 Å². The first kappa shape index (κ1) is 12.1. The first-order valence-corrected chi connectivity index (χ1v) is 6.22. The monoisotopic (exact) mass is 272 g/mol. The van der Waals surface area contributed by atoms with Crippen LogP contribution in [0, 0.1) is 12.7 Å². The molecule has 1 aromatic carbocycles. The predicted molar refractivity (Wildman–Crippen MR) is 74.7 cm³/mol. The Morgan fingerprint density at radius 2 is 1.95 bits per heavy atom. The van der Waals surface area contributed by atoms with Crippen molar-refractivity contribution in [3.63, 3.8) is 0 Å². The van der Waals surface area contributed by atoms with E-state index in [9.17, 15) is 4.39 Å². The summed E-state index contributed by atoms with van der Waals surface area (Å²) in [4.78, 5) is 8.74. The summed E-state index contributed by atoms with van der Waals surface area (Å²) in [6.07, 6.45) is 1.69. The van der Waals surface area contributed by atoms with Crippen LogP contribution in [0.25, 0.3) is 22.3 Å². The third-order valence-corrected chi connectivity index (χ3v) is 3.51. The zero-order valence-electron chi connectivity index (χ0n) is 10.2. The minimum atomic E-state index is -0.356. The second-order valence-corrected chi connectivity index (χ2v) is 4.63. The molecule has 0 N–H and O–H groups in total. The van der Waals surface area contributed by atoms with Gasteiger partial charge < -0.3 is 0 Å². The van der Waals surface area contributed by atoms with Gasteiger partial charge in [-0.3, -0.25) is 4.98 Å². The summed E-state index contributed by atoms with van der Waals surface area (Å²) in [6, 6.07) is 10.3. The van der Waals surface area contributed by atoms with Crippen LogP contribution in [-0.4, -0.2) is 9.97 Å². The minimum absolute atomic E-state index is 0.356. The number of hydrogen-bond donors (Lipinski definition) is 0. The molecule has 4 heteroatoms. The van der Waals surface area contributed by atoms with Crippen molar-refractivity contribution in [2.75, 3.05) is 0 Å². The standard InChI is InChI=1S/C15H10ClFN2/c1-9-14(16)13-10(17)5-4-7-11(13)19-15(9)12-6-2-3-8-18-12/h2-8H,1H3. The molecule has 0 bridgehead atoms. The Kier molecular flexibility index (Phi) is 2.91. The van der Waals surface area contributed by atoms with Crippen LogP contribution in [0.2, 0.25) is 5.02 Å². The third kappa shape index (κ3) is 1.96. The molecule has 0 aliphatic heterocycles. The molecule has 2 nitrogen and oxygen atoms in total. The molecule has 0 unspecified atom stereocenters. The van der Waals surface area contributed by atoms with Crippen molar-refractivity contribution in [1.29, 1.82) is 0 Å². The van der Waals surface area contributed by atoms with Crippen LogP contribution >= 0.6 is 11.6 Å². The maximum Gasteiger partial charge on any atom is 0.134 e. The van der Waals surface area contributed by atoms with Gasteiger partial charge in [0.2, 0.25) is 0 Å². The van der Waals surface area contributed by atoms with E-state index < -0.39 is 0 Å². The summed E-state index contributed by atoms with van der Waals surface area (Å²) in [7, 11) is 0. The average Bonchev–Trinajstić information content (AvgIpc) is 2.43. The molecule has 0 amide bonds. The van der Waals surface area contributed by atoms with Crippen molar-refractivity contribution in [2.45, 2.75) is 6.92 Å². The SMILES string of the molecule is Cc1c(-c2ccccn2)nc2cccc(F)c2c1Cl. The fraction of sp³-hybridized carbons (Fsp3) is 0.0667. The van der Waals surface area contributed by atoms with E-state index in [1.165, 1.54) is 6.07 Å². The van der Waals surface area contributed by atoms with E-state index in [0.29, 0.717) is 21.6 Å². The van der Waals surface area contributed by atoms with E-state index in [0.717, 1.165) is 11.3 Å². The van der Waals surface area contributed by atoms with Crippen LogP contribution in [0.5, 0.6) is 0 Å². The molecule has 2 aromatic heterocycles. The third-order valence-electron chi connectivity index (χ3n) is 3.04. The van der Waals surface area contributed by atoms with Gasteiger partial charge in [-0.25, -0.2) is 9.37 Å². The van der Waals surface area contributed by atoms with Crippen LogP contribution < -0.4 is 0 Å². The highest BCUT2D eigenvalue weighted by molar-refractivity contribution is 6.36. The van der Waals surface area contributed by atoms with E-state index in [1.807, 2.05) is 25.1 Å². The van der Waals surface area contributed by atoms with E-state index in [1.54, 1.807) is 18.3 Å². The molecule has 0 aliphatic rings. The summed E-state index contributed by atoms with van der Waals surface area (Å²) in [5.74, 6) is -0.356. The number of rotatable bonds is 1. The molecule has 19 heavy (non-hydrogen) atoms. The van der Waals surface area contributed by atoms with Crippen LogP contribution in [-0.2, 0) is 0 Å². The average molecular weight is 273 g/mol. The molecule has 3 rings (SSSR count).